The molecule has 3 aromatic rings. The van der Waals surface area contributed by atoms with Gasteiger partial charge in [0.2, 0.25) is 11.8 Å². The van der Waals surface area contributed by atoms with Gasteiger partial charge in [-0.3, -0.25) is 9.59 Å². The SMILES string of the molecule is COC[C@H](NC(=O)CCOCCOCCOCCn1nnc2c1-c1ccccc1CN(N)c1ccccc1-2)C(=O)NCC1C2CC3CC(C2)CC1C3. The summed E-state index contributed by atoms with van der Waals surface area (Å²) in [5.41, 5.74) is 5.74. The van der Waals surface area contributed by atoms with Gasteiger partial charge in [-0.2, -0.15) is 0 Å². The van der Waals surface area contributed by atoms with Crippen molar-refractivity contribution in [1.29, 1.82) is 0 Å². The van der Waals surface area contributed by atoms with Crippen molar-refractivity contribution in [1.82, 2.24) is 25.6 Å². The highest BCUT2D eigenvalue weighted by atomic mass is 16.5. The summed E-state index contributed by atoms with van der Waals surface area (Å²) in [4.78, 5) is 25.6. The summed E-state index contributed by atoms with van der Waals surface area (Å²) in [5.74, 6) is 9.90. The number of aromatic nitrogens is 3. The molecule has 2 aromatic carbocycles. The molecular weight excluding hydrogens is 662 g/mol. The molecule has 2 heterocycles. The van der Waals surface area contributed by atoms with Gasteiger partial charge in [-0.1, -0.05) is 47.7 Å². The van der Waals surface area contributed by atoms with Crippen molar-refractivity contribution in [2.24, 2.45) is 35.4 Å². The second-order valence-corrected chi connectivity index (χ2v) is 14.8. The Labute approximate surface area is 305 Å². The highest BCUT2D eigenvalue weighted by Gasteiger charge is 2.48. The fourth-order valence-corrected chi connectivity index (χ4v) is 9.19. The number of ether oxygens (including phenoxy) is 4. The number of rotatable bonds is 18. The minimum Gasteiger partial charge on any atom is -0.382 e. The van der Waals surface area contributed by atoms with E-state index in [1.807, 2.05) is 41.1 Å². The Kier molecular flexibility index (Phi) is 12.1. The Balaban J connectivity index is 0.767. The van der Waals surface area contributed by atoms with Gasteiger partial charge in [0.1, 0.15) is 11.7 Å². The molecule has 0 radical (unpaired) electrons. The first kappa shape index (κ1) is 36.5. The minimum atomic E-state index is -0.716. The Bertz CT molecular complexity index is 1640. The van der Waals surface area contributed by atoms with Crippen LogP contribution in [-0.4, -0.2) is 92.8 Å². The lowest BCUT2D eigenvalue weighted by atomic mass is 9.52. The van der Waals surface area contributed by atoms with Gasteiger partial charge in [0.15, 0.2) is 0 Å². The van der Waals surface area contributed by atoms with Crippen LogP contribution in [0, 0.1) is 29.6 Å². The predicted octanol–water partition coefficient (Wildman–Crippen LogP) is 3.57. The van der Waals surface area contributed by atoms with Crippen LogP contribution in [0.3, 0.4) is 0 Å². The Hall–Kier alpha value is -3.88. The number of benzene rings is 2. The number of nitrogens with one attached hydrogen (secondary N) is 2. The molecule has 4 N–H and O–H groups in total. The molecular formula is C39H53N7O6. The van der Waals surface area contributed by atoms with E-state index in [4.69, 9.17) is 24.8 Å². The summed E-state index contributed by atoms with van der Waals surface area (Å²) in [6.07, 6.45) is 6.84. The molecule has 0 spiro atoms. The molecule has 52 heavy (non-hydrogen) atoms. The largest absolute Gasteiger partial charge is 0.382 e. The van der Waals surface area contributed by atoms with Crippen LogP contribution in [-0.2, 0) is 41.6 Å². The monoisotopic (exact) mass is 715 g/mol. The zero-order chi connectivity index (χ0) is 35.9. The maximum absolute atomic E-state index is 13.0. The summed E-state index contributed by atoms with van der Waals surface area (Å²) in [6.45, 7) is 4.19. The molecule has 13 nitrogen and oxygen atoms in total. The van der Waals surface area contributed by atoms with E-state index < -0.39 is 6.04 Å². The van der Waals surface area contributed by atoms with Gasteiger partial charge in [-0.05, 0) is 73.3 Å². The first-order chi connectivity index (χ1) is 25.5. The van der Waals surface area contributed by atoms with Crippen molar-refractivity contribution < 1.29 is 28.5 Å². The van der Waals surface area contributed by atoms with Gasteiger partial charge in [0, 0.05) is 31.2 Å². The molecule has 13 heteroatoms. The number of anilines is 1. The molecule has 1 aromatic heterocycles. The molecule has 0 saturated heterocycles. The van der Waals surface area contributed by atoms with Crippen LogP contribution in [0.15, 0.2) is 48.5 Å². The standard InChI is InChI=1S/C39H53N7O6/c1-49-25-34(39(48)41-23-33-29-19-26-18-27(21-29)22-30(33)20-26)42-36(47)10-12-50-14-16-52-17-15-51-13-11-46-38-31-7-3-2-6-28(31)24-45(40)35-9-5-4-8-32(35)37(38)43-44-46/h2-9,26-27,29-30,33-34H,10-25,40H2,1H3,(H,41,48)(H,42,47)/t26?,27?,29?,30?,33?,34-/m0/s1. The van der Waals surface area contributed by atoms with E-state index in [0.717, 1.165) is 57.4 Å². The zero-order valence-corrected chi connectivity index (χ0v) is 30.2. The van der Waals surface area contributed by atoms with Gasteiger partial charge < -0.3 is 34.6 Å². The fourth-order valence-electron chi connectivity index (χ4n) is 9.19. The van der Waals surface area contributed by atoms with Crippen LogP contribution < -0.4 is 21.5 Å². The van der Waals surface area contributed by atoms with E-state index in [1.54, 1.807) is 5.01 Å². The number of carbonyl (C=O) groups excluding carboxylic acids is 2. The van der Waals surface area contributed by atoms with E-state index in [9.17, 15) is 9.59 Å². The molecule has 4 aliphatic carbocycles. The highest BCUT2D eigenvalue weighted by molar-refractivity contribution is 5.88. The quantitative estimate of drug-likeness (QED) is 0.132. The Morgan fingerprint density at radius 3 is 2.25 bits per heavy atom. The maximum atomic E-state index is 13.0. The molecule has 2 amide bonds. The molecule has 1 atom stereocenters. The van der Waals surface area contributed by atoms with Crippen molar-refractivity contribution in [3.05, 3.63) is 54.1 Å². The lowest BCUT2D eigenvalue weighted by molar-refractivity contribution is -0.131. The fraction of sp³-hybridized carbons (Fsp3) is 0.590. The molecule has 4 fully saturated rings. The maximum Gasteiger partial charge on any atom is 0.244 e. The number of carbonyl (C=O) groups is 2. The predicted molar refractivity (Wildman–Crippen MR) is 196 cm³/mol. The summed E-state index contributed by atoms with van der Waals surface area (Å²) in [7, 11) is 1.54. The zero-order valence-electron chi connectivity index (χ0n) is 30.2. The Morgan fingerprint density at radius 2 is 1.52 bits per heavy atom. The van der Waals surface area contributed by atoms with Gasteiger partial charge >= 0.3 is 0 Å². The van der Waals surface area contributed by atoms with Crippen molar-refractivity contribution in [3.63, 3.8) is 0 Å². The molecule has 4 bridgehead atoms. The van der Waals surface area contributed by atoms with Crippen molar-refractivity contribution >= 4 is 17.5 Å². The topological polar surface area (TPSA) is 155 Å². The molecule has 5 aliphatic rings. The van der Waals surface area contributed by atoms with Crippen LogP contribution in [0.25, 0.3) is 22.5 Å². The van der Waals surface area contributed by atoms with Gasteiger partial charge in [0.25, 0.3) is 0 Å². The number of fused-ring (bicyclic) bond motifs is 5. The number of nitrogens with two attached hydrogens (primary N) is 1. The summed E-state index contributed by atoms with van der Waals surface area (Å²) in [5, 5.41) is 16.8. The number of para-hydroxylation sites is 1. The number of hydrogen-bond acceptors (Lipinski definition) is 10. The summed E-state index contributed by atoms with van der Waals surface area (Å²) in [6, 6.07) is 15.5. The van der Waals surface area contributed by atoms with Crippen LogP contribution in [0.5, 0.6) is 0 Å². The van der Waals surface area contributed by atoms with Crippen LogP contribution in [0.2, 0.25) is 0 Å². The number of hydrogen-bond donors (Lipinski definition) is 3. The van der Waals surface area contributed by atoms with Crippen LogP contribution in [0.4, 0.5) is 5.69 Å². The van der Waals surface area contributed by atoms with E-state index >= 15 is 0 Å². The van der Waals surface area contributed by atoms with Gasteiger partial charge in [-0.25, -0.2) is 10.5 Å². The first-order valence-electron chi connectivity index (χ1n) is 18.9. The smallest absolute Gasteiger partial charge is 0.244 e. The molecule has 4 saturated carbocycles. The number of amides is 2. The molecule has 280 valence electrons. The number of nitrogens with zero attached hydrogens (tertiary/aromatic N) is 4. The van der Waals surface area contributed by atoms with E-state index in [2.05, 4.69) is 33.1 Å². The van der Waals surface area contributed by atoms with Crippen LogP contribution in [0.1, 0.15) is 44.1 Å². The highest BCUT2D eigenvalue weighted by Crippen LogP contribution is 2.56. The molecule has 8 rings (SSSR count). The first-order valence-corrected chi connectivity index (χ1v) is 18.9. The Morgan fingerprint density at radius 1 is 0.865 bits per heavy atom. The lowest BCUT2D eigenvalue weighted by Gasteiger charge is -2.54. The average molecular weight is 716 g/mol. The van der Waals surface area contributed by atoms with Crippen LogP contribution >= 0.6 is 0 Å². The van der Waals surface area contributed by atoms with E-state index in [1.165, 1.54) is 39.2 Å². The minimum absolute atomic E-state index is 0.132. The molecule has 0 unspecified atom stereocenters. The third-order valence-electron chi connectivity index (χ3n) is 11.4. The third-order valence-corrected chi connectivity index (χ3v) is 11.4. The van der Waals surface area contributed by atoms with Crippen molar-refractivity contribution in [2.45, 2.75) is 57.7 Å². The van der Waals surface area contributed by atoms with E-state index in [0.29, 0.717) is 58.6 Å². The lowest BCUT2D eigenvalue weighted by Crippen LogP contribution is -2.53. The van der Waals surface area contributed by atoms with E-state index in [-0.39, 0.29) is 31.4 Å². The number of methoxy groups -OCH3 is 1. The number of hydrazine groups is 1. The average Bonchev–Trinajstić information content (AvgIpc) is 3.55. The second-order valence-electron chi connectivity index (χ2n) is 14.8. The van der Waals surface area contributed by atoms with Crippen molar-refractivity contribution in [3.8, 4) is 22.5 Å². The third kappa shape index (κ3) is 8.50. The summed E-state index contributed by atoms with van der Waals surface area (Å²) >= 11 is 0. The normalized spacial score (nSPS) is 23.3. The summed E-state index contributed by atoms with van der Waals surface area (Å²) < 4.78 is 24.3. The van der Waals surface area contributed by atoms with Gasteiger partial charge in [-0.15, -0.1) is 5.10 Å². The van der Waals surface area contributed by atoms with Gasteiger partial charge in [0.05, 0.1) is 70.7 Å². The second kappa shape index (κ2) is 17.3. The molecule has 1 aliphatic heterocycles. The van der Waals surface area contributed by atoms with Crippen molar-refractivity contribution in [2.75, 3.05) is 64.9 Å².